The van der Waals surface area contributed by atoms with E-state index in [2.05, 4.69) is 42.4 Å². The van der Waals surface area contributed by atoms with Crippen LogP contribution in [0, 0.1) is 5.92 Å². The van der Waals surface area contributed by atoms with Crippen LogP contribution in [-0.4, -0.2) is 43.7 Å². The number of amides is 1. The summed E-state index contributed by atoms with van der Waals surface area (Å²) in [5, 5.41) is 7.92. The normalized spacial score (nSPS) is 21.3. The molecule has 7 heteroatoms. The van der Waals surface area contributed by atoms with Crippen molar-refractivity contribution in [1.82, 2.24) is 29.5 Å². The molecule has 1 N–H and O–H groups in total. The first kappa shape index (κ1) is 17.7. The van der Waals surface area contributed by atoms with Gasteiger partial charge in [0.1, 0.15) is 5.82 Å². The first-order valence-electron chi connectivity index (χ1n) is 8.75. The van der Waals surface area contributed by atoms with E-state index in [9.17, 15) is 4.79 Å². The molecule has 1 fully saturated rings. The largest absolute Gasteiger partial charge is 0.336 e. The van der Waals surface area contributed by atoms with Crippen molar-refractivity contribution >= 4 is 5.91 Å². The quantitative estimate of drug-likeness (QED) is 0.896. The van der Waals surface area contributed by atoms with Gasteiger partial charge < -0.3 is 14.8 Å². The summed E-state index contributed by atoms with van der Waals surface area (Å²) in [5.41, 5.74) is 1.14. The highest BCUT2D eigenvalue weighted by atomic mass is 16.2. The molecule has 0 aromatic carbocycles. The second kappa shape index (κ2) is 6.63. The number of carbonyl (C=O) groups is 1. The Kier molecular flexibility index (Phi) is 4.69. The highest BCUT2D eigenvalue weighted by Gasteiger charge is 2.40. The topological polar surface area (TPSA) is 68.0 Å². The number of nitrogens with one attached hydrogen (secondary N) is 1. The van der Waals surface area contributed by atoms with Gasteiger partial charge in [0.25, 0.3) is 0 Å². The third-order valence-corrected chi connectivity index (χ3v) is 4.88. The van der Waals surface area contributed by atoms with E-state index >= 15 is 0 Å². The number of hydrogen-bond acceptors (Lipinski definition) is 4. The smallest absolute Gasteiger partial charge is 0.223 e. The highest BCUT2D eigenvalue weighted by molar-refractivity contribution is 5.79. The lowest BCUT2D eigenvalue weighted by Gasteiger charge is -2.24. The van der Waals surface area contributed by atoms with E-state index < -0.39 is 0 Å². The minimum atomic E-state index is -0.0118. The molecule has 3 rings (SSSR count). The van der Waals surface area contributed by atoms with E-state index in [1.165, 1.54) is 0 Å². The fraction of sp³-hybridized carbons (Fsp3) is 0.611. The Hall–Kier alpha value is -2.15. The molecular weight excluding hydrogens is 316 g/mol. The summed E-state index contributed by atoms with van der Waals surface area (Å²) in [5.74, 6) is 1.34. The van der Waals surface area contributed by atoms with Crippen molar-refractivity contribution in [2.75, 3.05) is 13.6 Å². The predicted octanol–water partition coefficient (Wildman–Crippen LogP) is 1.68. The van der Waals surface area contributed by atoms with Crippen LogP contribution >= 0.6 is 0 Å². The monoisotopic (exact) mass is 344 g/mol. The Bertz CT molecular complexity index is 741. The maximum Gasteiger partial charge on any atom is 0.223 e. The van der Waals surface area contributed by atoms with Crippen molar-refractivity contribution in [2.24, 2.45) is 13.0 Å². The van der Waals surface area contributed by atoms with Crippen LogP contribution in [0.5, 0.6) is 0 Å². The molecule has 0 aliphatic carbocycles. The first-order chi connectivity index (χ1) is 11.8. The van der Waals surface area contributed by atoms with Crippen LogP contribution in [0.25, 0.3) is 0 Å². The second-order valence-corrected chi connectivity index (χ2v) is 7.90. The van der Waals surface area contributed by atoms with Gasteiger partial charge in [-0.15, -0.1) is 0 Å². The molecule has 1 saturated heterocycles. The molecule has 7 nitrogen and oxygen atoms in total. The van der Waals surface area contributed by atoms with Gasteiger partial charge >= 0.3 is 0 Å². The number of aromatic nitrogens is 4. The zero-order valence-electron chi connectivity index (χ0n) is 15.7. The SMILES string of the molecule is CN1C(=O)C[C@@H](CNCc2cnn(C(C)(C)C)c2)[C@@H]1c1nccn1C. The van der Waals surface area contributed by atoms with Crippen molar-refractivity contribution < 1.29 is 4.79 Å². The fourth-order valence-corrected chi connectivity index (χ4v) is 3.40. The third-order valence-electron chi connectivity index (χ3n) is 4.88. The van der Waals surface area contributed by atoms with Crippen molar-refractivity contribution in [3.63, 3.8) is 0 Å². The molecule has 3 heterocycles. The minimum absolute atomic E-state index is 0.0118. The average molecular weight is 344 g/mol. The van der Waals surface area contributed by atoms with Gasteiger partial charge in [0.05, 0.1) is 17.8 Å². The zero-order chi connectivity index (χ0) is 18.2. The summed E-state index contributed by atoms with van der Waals surface area (Å²) in [7, 11) is 3.85. The fourth-order valence-electron chi connectivity index (χ4n) is 3.40. The van der Waals surface area contributed by atoms with Crippen LogP contribution in [-0.2, 0) is 23.9 Å². The summed E-state index contributed by atoms with van der Waals surface area (Å²) in [6, 6.07) is 0.0253. The number of likely N-dealkylation sites (tertiary alicyclic amines) is 1. The van der Waals surface area contributed by atoms with Gasteiger partial charge in [-0.25, -0.2) is 4.98 Å². The van der Waals surface area contributed by atoms with Crippen LogP contribution in [0.2, 0.25) is 0 Å². The molecule has 0 unspecified atom stereocenters. The van der Waals surface area contributed by atoms with Gasteiger partial charge in [-0.3, -0.25) is 9.48 Å². The molecule has 1 aliphatic heterocycles. The number of nitrogens with zero attached hydrogens (tertiary/aromatic N) is 5. The van der Waals surface area contributed by atoms with E-state index in [1.54, 1.807) is 6.20 Å². The number of rotatable bonds is 5. The van der Waals surface area contributed by atoms with Crippen molar-refractivity contribution in [2.45, 2.75) is 45.3 Å². The summed E-state index contributed by atoms with van der Waals surface area (Å²) in [6.45, 7) is 7.92. The lowest BCUT2D eigenvalue weighted by atomic mass is 9.99. The molecule has 25 heavy (non-hydrogen) atoms. The summed E-state index contributed by atoms with van der Waals surface area (Å²) in [6.07, 6.45) is 8.26. The number of imidazole rings is 1. The molecule has 0 radical (unpaired) electrons. The van der Waals surface area contributed by atoms with E-state index in [0.717, 1.165) is 24.5 Å². The van der Waals surface area contributed by atoms with E-state index in [4.69, 9.17) is 0 Å². The molecule has 0 bridgehead atoms. The van der Waals surface area contributed by atoms with Gasteiger partial charge in [0.2, 0.25) is 5.91 Å². The maximum atomic E-state index is 12.2. The van der Waals surface area contributed by atoms with Gasteiger partial charge in [0, 0.05) is 63.7 Å². The molecular formula is C18H28N6O. The molecule has 136 valence electrons. The van der Waals surface area contributed by atoms with Gasteiger partial charge in [-0.2, -0.15) is 5.10 Å². The first-order valence-corrected chi connectivity index (χ1v) is 8.75. The summed E-state index contributed by atoms with van der Waals surface area (Å²) in [4.78, 5) is 18.5. The van der Waals surface area contributed by atoms with Crippen LogP contribution in [0.1, 0.15) is 44.6 Å². The van der Waals surface area contributed by atoms with Crippen LogP contribution < -0.4 is 5.32 Å². The van der Waals surface area contributed by atoms with Crippen LogP contribution in [0.4, 0.5) is 0 Å². The Morgan fingerprint density at radius 2 is 2.08 bits per heavy atom. The highest BCUT2D eigenvalue weighted by Crippen LogP contribution is 2.35. The van der Waals surface area contributed by atoms with Crippen LogP contribution in [0.3, 0.4) is 0 Å². The number of aryl methyl sites for hydroxylation is 1. The Labute approximate surface area is 149 Å². The van der Waals surface area contributed by atoms with Crippen molar-refractivity contribution in [1.29, 1.82) is 0 Å². The van der Waals surface area contributed by atoms with Crippen molar-refractivity contribution in [3.8, 4) is 0 Å². The second-order valence-electron chi connectivity index (χ2n) is 7.90. The minimum Gasteiger partial charge on any atom is -0.336 e. The molecule has 2 aromatic heterocycles. The van der Waals surface area contributed by atoms with Gasteiger partial charge in [-0.05, 0) is 20.8 Å². The number of hydrogen-bond donors (Lipinski definition) is 1. The molecule has 2 aromatic rings. The Morgan fingerprint density at radius 3 is 2.68 bits per heavy atom. The molecule has 1 amide bonds. The zero-order valence-corrected chi connectivity index (χ0v) is 15.7. The van der Waals surface area contributed by atoms with Crippen LogP contribution in [0.15, 0.2) is 24.8 Å². The van der Waals surface area contributed by atoms with Crippen molar-refractivity contribution in [3.05, 3.63) is 36.2 Å². The maximum absolute atomic E-state index is 12.2. The lowest BCUT2D eigenvalue weighted by Crippen LogP contribution is -2.30. The van der Waals surface area contributed by atoms with E-state index in [-0.39, 0.29) is 23.4 Å². The summed E-state index contributed by atoms with van der Waals surface area (Å²) < 4.78 is 3.98. The lowest BCUT2D eigenvalue weighted by molar-refractivity contribution is -0.127. The van der Waals surface area contributed by atoms with Gasteiger partial charge in [0.15, 0.2) is 0 Å². The number of carbonyl (C=O) groups excluding carboxylic acids is 1. The predicted molar refractivity (Wildman–Crippen MR) is 95.8 cm³/mol. The van der Waals surface area contributed by atoms with E-state index in [1.807, 2.05) is 40.6 Å². The molecule has 2 atom stereocenters. The third kappa shape index (κ3) is 3.61. The summed E-state index contributed by atoms with van der Waals surface area (Å²) >= 11 is 0. The molecule has 0 saturated carbocycles. The average Bonchev–Trinajstić information content (AvgIpc) is 3.21. The van der Waals surface area contributed by atoms with Gasteiger partial charge in [-0.1, -0.05) is 0 Å². The molecule has 1 aliphatic rings. The Balaban J connectivity index is 1.63. The standard InChI is InChI=1S/C18H28N6O/c1-18(2,3)24-12-13(10-21-24)9-19-11-14-8-15(25)23(5)16(14)17-20-6-7-22(17)4/h6-7,10,12,14,16,19H,8-9,11H2,1-5H3/t14-,16+/m0/s1. The molecule has 0 spiro atoms. The van der Waals surface area contributed by atoms with E-state index in [0.29, 0.717) is 6.42 Å². The Morgan fingerprint density at radius 1 is 1.32 bits per heavy atom.